The summed E-state index contributed by atoms with van der Waals surface area (Å²) in [5, 5.41) is 6.69. The van der Waals surface area contributed by atoms with Gasteiger partial charge in [0.2, 0.25) is 5.91 Å². The third-order valence-electron chi connectivity index (χ3n) is 4.40. The normalized spacial score (nSPS) is 10.6. The summed E-state index contributed by atoms with van der Waals surface area (Å²) in [6.07, 6.45) is 1.28. The van der Waals surface area contributed by atoms with Crippen LogP contribution in [0.5, 0.6) is 0 Å². The summed E-state index contributed by atoms with van der Waals surface area (Å²) in [6, 6.07) is 17.2. The summed E-state index contributed by atoms with van der Waals surface area (Å²) in [6.45, 7) is -0.288. The molecule has 0 aliphatic rings. The minimum atomic E-state index is -0.569. The molecule has 3 aromatic carbocycles. The fourth-order valence-electron chi connectivity index (χ4n) is 2.99. The number of anilines is 1. The van der Waals surface area contributed by atoms with E-state index in [1.54, 1.807) is 48.5 Å². The van der Waals surface area contributed by atoms with Gasteiger partial charge in [-0.15, -0.1) is 0 Å². The maximum atomic E-state index is 12.4. The van der Waals surface area contributed by atoms with Crippen molar-refractivity contribution in [3.63, 3.8) is 0 Å². The second kappa shape index (κ2) is 9.99. The Bertz CT molecular complexity index is 1160. The van der Waals surface area contributed by atoms with Gasteiger partial charge < -0.3 is 20.8 Å². The number of hydrogen-bond acceptors (Lipinski definition) is 6. The summed E-state index contributed by atoms with van der Waals surface area (Å²) in [7, 11) is 1.28. The van der Waals surface area contributed by atoms with Crippen LogP contribution in [0.1, 0.15) is 20.7 Å². The summed E-state index contributed by atoms with van der Waals surface area (Å²) >= 11 is 0. The van der Waals surface area contributed by atoms with Gasteiger partial charge >= 0.3 is 5.97 Å². The van der Waals surface area contributed by atoms with Crippen molar-refractivity contribution in [3.05, 3.63) is 71.8 Å². The first kappa shape index (κ1) is 21.5. The minimum Gasteiger partial charge on any atom is -0.465 e. The second-order valence-electron chi connectivity index (χ2n) is 6.41. The van der Waals surface area contributed by atoms with Crippen molar-refractivity contribution in [2.24, 2.45) is 10.8 Å². The Labute approximate surface area is 178 Å². The number of hydrogen-bond donors (Lipinski definition) is 4. The predicted molar refractivity (Wildman–Crippen MR) is 118 cm³/mol. The Kier molecular flexibility index (Phi) is 6.92. The lowest BCUT2D eigenvalue weighted by Gasteiger charge is -2.13. The molecule has 0 aromatic heterocycles. The predicted octanol–water partition coefficient (Wildman–Crippen LogP) is 2.12. The van der Waals surface area contributed by atoms with Gasteiger partial charge in [0.1, 0.15) is 6.34 Å². The summed E-state index contributed by atoms with van der Waals surface area (Å²) in [5.74, 6) is 3.63. The quantitative estimate of drug-likeness (QED) is 0.152. The zero-order valence-electron chi connectivity index (χ0n) is 16.7. The van der Waals surface area contributed by atoms with Gasteiger partial charge in [-0.3, -0.25) is 9.59 Å². The molecule has 0 saturated heterocycles. The molecule has 0 heterocycles. The van der Waals surface area contributed by atoms with Crippen LogP contribution in [0.2, 0.25) is 0 Å². The van der Waals surface area contributed by atoms with Crippen molar-refractivity contribution in [1.82, 2.24) is 10.7 Å². The van der Waals surface area contributed by atoms with E-state index in [0.717, 1.165) is 5.39 Å². The second-order valence-corrected chi connectivity index (χ2v) is 6.41. The molecule has 0 spiro atoms. The van der Waals surface area contributed by atoms with E-state index in [1.165, 1.54) is 13.4 Å². The monoisotopic (exact) mass is 419 g/mol. The summed E-state index contributed by atoms with van der Waals surface area (Å²) < 4.78 is 4.88. The number of carbonyl (C=O) groups excluding carboxylic acids is 3. The lowest BCUT2D eigenvalue weighted by molar-refractivity contribution is -0.115. The molecular formula is C22H21N5O4. The number of nitrogens with zero attached hydrogens (tertiary/aromatic N) is 1. The highest BCUT2D eigenvalue weighted by molar-refractivity contribution is 6.12. The minimum absolute atomic E-state index is 0.249. The first-order valence-corrected chi connectivity index (χ1v) is 9.30. The number of amides is 2. The highest BCUT2D eigenvalue weighted by Crippen LogP contribution is 2.27. The highest BCUT2D eigenvalue weighted by atomic mass is 16.5. The smallest absolute Gasteiger partial charge is 0.340 e. The van der Waals surface area contributed by atoms with Gasteiger partial charge in [-0.2, -0.15) is 0 Å². The van der Waals surface area contributed by atoms with Crippen LogP contribution in [0.15, 0.2) is 65.7 Å². The average Bonchev–Trinajstić information content (AvgIpc) is 2.80. The van der Waals surface area contributed by atoms with Crippen molar-refractivity contribution in [3.8, 4) is 0 Å². The van der Waals surface area contributed by atoms with Crippen molar-refractivity contribution < 1.29 is 19.1 Å². The molecule has 0 radical (unpaired) electrons. The van der Waals surface area contributed by atoms with Crippen LogP contribution < -0.4 is 21.9 Å². The maximum absolute atomic E-state index is 12.4. The number of hydrazine groups is 1. The molecule has 0 fully saturated rings. The van der Waals surface area contributed by atoms with Crippen LogP contribution in [0.25, 0.3) is 10.8 Å². The van der Waals surface area contributed by atoms with E-state index in [1.807, 2.05) is 12.1 Å². The molecule has 9 nitrogen and oxygen atoms in total. The molecule has 9 heteroatoms. The molecule has 5 N–H and O–H groups in total. The van der Waals surface area contributed by atoms with Crippen LogP contribution in [-0.2, 0) is 9.53 Å². The summed E-state index contributed by atoms with van der Waals surface area (Å²) in [5.41, 5.74) is 3.68. The van der Waals surface area contributed by atoms with E-state index in [9.17, 15) is 14.4 Å². The van der Waals surface area contributed by atoms with Crippen LogP contribution in [0.3, 0.4) is 0 Å². The van der Waals surface area contributed by atoms with E-state index < -0.39 is 17.8 Å². The standard InChI is InChI=1S/C22H21N5O4/c1-31-22(30)20-17-8-3-2-5-14(17)9-10-18(20)27-19(28)12-24-21(29)15-6-4-7-16(11-15)25-13-26-23/h2-11,13H,12,23H2,1H3,(H,24,29)(H,25,26)(H,27,28). The van der Waals surface area contributed by atoms with Crippen LogP contribution in [0, 0.1) is 0 Å². The molecular weight excluding hydrogens is 398 g/mol. The molecule has 3 aromatic rings. The third kappa shape index (κ3) is 5.22. The first-order chi connectivity index (χ1) is 15.0. The number of nitrogens with two attached hydrogens (primary N) is 1. The molecule has 0 unspecified atom stereocenters. The fraction of sp³-hybridized carbons (Fsp3) is 0.0909. The number of benzene rings is 3. The van der Waals surface area contributed by atoms with Gasteiger partial charge in [0.05, 0.1) is 30.6 Å². The average molecular weight is 419 g/mol. The third-order valence-corrected chi connectivity index (χ3v) is 4.40. The zero-order chi connectivity index (χ0) is 22.2. The molecule has 158 valence electrons. The van der Waals surface area contributed by atoms with Crippen molar-refractivity contribution >= 4 is 46.3 Å². The number of ether oxygens (including phenoxy) is 1. The van der Waals surface area contributed by atoms with E-state index >= 15 is 0 Å². The van der Waals surface area contributed by atoms with E-state index in [4.69, 9.17) is 10.6 Å². The van der Waals surface area contributed by atoms with Crippen molar-refractivity contribution in [2.45, 2.75) is 0 Å². The first-order valence-electron chi connectivity index (χ1n) is 9.30. The molecule has 3 rings (SSSR count). The van der Waals surface area contributed by atoms with Crippen LogP contribution in [0.4, 0.5) is 11.4 Å². The number of aliphatic imine (C=N–C) groups is 1. The largest absolute Gasteiger partial charge is 0.465 e. The molecule has 0 saturated carbocycles. The van der Waals surface area contributed by atoms with Gasteiger partial charge in [-0.25, -0.2) is 15.6 Å². The number of esters is 1. The highest BCUT2D eigenvalue weighted by Gasteiger charge is 2.18. The van der Waals surface area contributed by atoms with E-state index in [-0.39, 0.29) is 12.1 Å². The van der Waals surface area contributed by atoms with Gasteiger partial charge in [-0.1, -0.05) is 36.4 Å². The molecule has 0 atom stereocenters. The number of rotatable bonds is 7. The van der Waals surface area contributed by atoms with Gasteiger partial charge in [-0.05, 0) is 35.0 Å². The fourth-order valence-corrected chi connectivity index (χ4v) is 2.99. The van der Waals surface area contributed by atoms with Crippen molar-refractivity contribution in [2.75, 3.05) is 19.0 Å². The zero-order valence-corrected chi connectivity index (χ0v) is 16.7. The topological polar surface area (TPSA) is 135 Å². The molecule has 0 bridgehead atoms. The number of nitrogens with one attached hydrogen (secondary N) is 3. The molecule has 0 aliphatic heterocycles. The Morgan fingerprint density at radius 2 is 1.87 bits per heavy atom. The van der Waals surface area contributed by atoms with E-state index in [2.05, 4.69) is 21.1 Å². The number of methoxy groups -OCH3 is 1. The lowest BCUT2D eigenvalue weighted by Crippen LogP contribution is -2.33. The SMILES string of the molecule is COC(=O)c1c(NC(=O)CNC(=O)c2cccc(N=CNN)c2)ccc2ccccc12. The van der Waals surface area contributed by atoms with Crippen LogP contribution >= 0.6 is 0 Å². The Hall–Kier alpha value is -4.24. The maximum Gasteiger partial charge on any atom is 0.340 e. The van der Waals surface area contributed by atoms with Gasteiger partial charge in [0.15, 0.2) is 0 Å². The molecule has 31 heavy (non-hydrogen) atoms. The van der Waals surface area contributed by atoms with Gasteiger partial charge in [0, 0.05) is 5.56 Å². The summed E-state index contributed by atoms with van der Waals surface area (Å²) in [4.78, 5) is 41.1. The molecule has 0 aliphatic carbocycles. The van der Waals surface area contributed by atoms with Crippen LogP contribution in [-0.4, -0.2) is 37.8 Å². The van der Waals surface area contributed by atoms with E-state index in [0.29, 0.717) is 22.3 Å². The lowest BCUT2D eigenvalue weighted by atomic mass is 10.0. The Morgan fingerprint density at radius 1 is 1.06 bits per heavy atom. The van der Waals surface area contributed by atoms with Crippen molar-refractivity contribution in [1.29, 1.82) is 0 Å². The van der Waals surface area contributed by atoms with Gasteiger partial charge in [0.25, 0.3) is 5.91 Å². The number of fused-ring (bicyclic) bond motifs is 1. The molecule has 2 amide bonds. The number of carbonyl (C=O) groups is 3. The Balaban J connectivity index is 1.71. The Morgan fingerprint density at radius 3 is 2.65 bits per heavy atom.